The number of carbonyl (C=O) groups is 3. The fourth-order valence-corrected chi connectivity index (χ4v) is 6.56. The number of hydrogen-bond donors (Lipinski definition) is 3. The standard InChI is InChI=1S/C27H39N3O5/c1-5-7-13-28-24(33)22-27-14-17(3)26(4,35-27)20(21(27)25(34)30(22)19(6-2)16-31)23(32)29-15-18-11-9-8-10-12-18/h8-12,17,19-22,31H,5-7,13-16H2,1-4H3,(H,28,33)(H,29,32)/t17?,19-,20-,21-,22?,26+,27?/m0/s1. The number of amides is 3. The number of unbranched alkanes of at least 4 members (excludes halogenated alkanes) is 1. The van der Waals surface area contributed by atoms with Gasteiger partial charge in [0.15, 0.2) is 0 Å². The van der Waals surface area contributed by atoms with Crippen LogP contribution in [0.25, 0.3) is 0 Å². The SMILES string of the molecule is CCCCNC(=O)C1N([C@@H](CC)CO)C(=O)[C@@H]2[C@@H](C(=O)NCc3ccccc3)[C@]3(C)OC12CC3C. The molecule has 0 aliphatic carbocycles. The number of fused-ring (bicyclic) bond motifs is 1. The monoisotopic (exact) mass is 485 g/mol. The minimum Gasteiger partial charge on any atom is -0.394 e. The lowest BCUT2D eigenvalue weighted by molar-refractivity contribution is -0.151. The van der Waals surface area contributed by atoms with Crippen molar-refractivity contribution in [3.8, 4) is 0 Å². The molecule has 3 N–H and O–H groups in total. The van der Waals surface area contributed by atoms with Crippen LogP contribution in [0.15, 0.2) is 30.3 Å². The second kappa shape index (κ2) is 9.90. The van der Waals surface area contributed by atoms with E-state index in [-0.39, 0.29) is 30.2 Å². The zero-order chi connectivity index (χ0) is 25.4. The largest absolute Gasteiger partial charge is 0.394 e. The number of nitrogens with zero attached hydrogens (tertiary/aromatic N) is 1. The molecule has 0 saturated carbocycles. The van der Waals surface area contributed by atoms with Gasteiger partial charge in [-0.25, -0.2) is 0 Å². The van der Waals surface area contributed by atoms with Crippen molar-refractivity contribution in [1.82, 2.24) is 15.5 Å². The third-order valence-electron chi connectivity index (χ3n) is 8.50. The van der Waals surface area contributed by atoms with Crippen LogP contribution in [-0.4, -0.2) is 64.2 Å². The van der Waals surface area contributed by atoms with Crippen LogP contribution in [0.3, 0.4) is 0 Å². The molecule has 35 heavy (non-hydrogen) atoms. The normalized spacial score (nSPS) is 34.1. The van der Waals surface area contributed by atoms with Gasteiger partial charge in [-0.1, -0.05) is 57.5 Å². The summed E-state index contributed by atoms with van der Waals surface area (Å²) < 4.78 is 6.68. The predicted molar refractivity (Wildman–Crippen MR) is 131 cm³/mol. The van der Waals surface area contributed by atoms with Crippen molar-refractivity contribution in [2.75, 3.05) is 13.2 Å². The molecule has 8 heteroatoms. The molecule has 4 rings (SSSR count). The third-order valence-corrected chi connectivity index (χ3v) is 8.50. The quantitative estimate of drug-likeness (QED) is 0.440. The summed E-state index contributed by atoms with van der Waals surface area (Å²) in [6, 6.07) is 8.25. The van der Waals surface area contributed by atoms with Crippen LogP contribution in [-0.2, 0) is 25.7 Å². The molecular formula is C27H39N3O5. The highest BCUT2D eigenvalue weighted by Gasteiger charge is 2.80. The van der Waals surface area contributed by atoms with Crippen LogP contribution in [0, 0.1) is 17.8 Å². The topological polar surface area (TPSA) is 108 Å². The van der Waals surface area contributed by atoms with Crippen LogP contribution in [0.5, 0.6) is 0 Å². The minimum atomic E-state index is -1.08. The van der Waals surface area contributed by atoms with Gasteiger partial charge in [0.25, 0.3) is 0 Å². The highest BCUT2D eigenvalue weighted by molar-refractivity contribution is 5.99. The van der Waals surface area contributed by atoms with E-state index >= 15 is 0 Å². The van der Waals surface area contributed by atoms with Crippen molar-refractivity contribution in [3.05, 3.63) is 35.9 Å². The number of aliphatic hydroxyl groups is 1. The highest BCUT2D eigenvalue weighted by atomic mass is 16.5. The Kier molecular flexibility index (Phi) is 7.25. The summed E-state index contributed by atoms with van der Waals surface area (Å²) in [7, 11) is 0. The summed E-state index contributed by atoms with van der Waals surface area (Å²) in [5, 5.41) is 16.1. The minimum absolute atomic E-state index is 0.0147. The maximum Gasteiger partial charge on any atom is 0.245 e. The zero-order valence-electron chi connectivity index (χ0n) is 21.3. The maximum atomic E-state index is 14.0. The Morgan fingerprint density at radius 3 is 2.54 bits per heavy atom. The average molecular weight is 486 g/mol. The van der Waals surface area contributed by atoms with E-state index < -0.39 is 35.1 Å². The summed E-state index contributed by atoms with van der Waals surface area (Å²) in [6.45, 7) is 8.50. The van der Waals surface area contributed by atoms with E-state index in [0.29, 0.717) is 25.9 Å². The molecular weight excluding hydrogens is 446 g/mol. The Balaban J connectivity index is 1.69. The fourth-order valence-electron chi connectivity index (χ4n) is 6.56. The first-order valence-electron chi connectivity index (χ1n) is 13.0. The molecule has 3 fully saturated rings. The van der Waals surface area contributed by atoms with E-state index in [1.54, 1.807) is 0 Å². The Morgan fingerprint density at radius 1 is 1.20 bits per heavy atom. The zero-order valence-corrected chi connectivity index (χ0v) is 21.3. The number of nitrogens with one attached hydrogen (secondary N) is 2. The molecule has 3 aliphatic rings. The lowest BCUT2D eigenvalue weighted by Crippen LogP contribution is -2.58. The van der Waals surface area contributed by atoms with E-state index in [1.165, 1.54) is 4.90 Å². The first kappa shape index (κ1) is 25.6. The van der Waals surface area contributed by atoms with Crippen molar-refractivity contribution in [1.29, 1.82) is 0 Å². The van der Waals surface area contributed by atoms with E-state index in [4.69, 9.17) is 4.74 Å². The van der Waals surface area contributed by atoms with Crippen LogP contribution < -0.4 is 10.6 Å². The van der Waals surface area contributed by atoms with E-state index in [0.717, 1.165) is 18.4 Å². The molecule has 3 saturated heterocycles. The van der Waals surface area contributed by atoms with Crippen molar-refractivity contribution < 1.29 is 24.2 Å². The average Bonchev–Trinajstić information content (AvgIpc) is 3.36. The molecule has 2 bridgehead atoms. The van der Waals surface area contributed by atoms with Gasteiger partial charge in [-0.2, -0.15) is 0 Å². The van der Waals surface area contributed by atoms with Crippen LogP contribution in [0.1, 0.15) is 58.9 Å². The van der Waals surface area contributed by atoms with Crippen LogP contribution in [0.2, 0.25) is 0 Å². The predicted octanol–water partition coefficient (Wildman–Crippen LogP) is 2.00. The number of aliphatic hydroxyl groups excluding tert-OH is 1. The maximum absolute atomic E-state index is 14.0. The van der Waals surface area contributed by atoms with Gasteiger partial charge in [0.2, 0.25) is 17.7 Å². The lowest BCUT2D eigenvalue weighted by Gasteiger charge is -2.36. The van der Waals surface area contributed by atoms with E-state index in [2.05, 4.69) is 10.6 Å². The smallest absolute Gasteiger partial charge is 0.245 e. The van der Waals surface area contributed by atoms with Gasteiger partial charge in [-0.05, 0) is 37.7 Å². The summed E-state index contributed by atoms with van der Waals surface area (Å²) in [4.78, 5) is 42.7. The second-order valence-corrected chi connectivity index (χ2v) is 10.5. The van der Waals surface area contributed by atoms with Crippen molar-refractivity contribution in [2.24, 2.45) is 17.8 Å². The number of rotatable bonds is 10. The molecule has 8 nitrogen and oxygen atoms in total. The molecule has 1 aromatic rings. The lowest BCUT2D eigenvalue weighted by atomic mass is 9.62. The highest BCUT2D eigenvalue weighted by Crippen LogP contribution is 2.65. The number of benzene rings is 1. The molecule has 1 spiro atoms. The van der Waals surface area contributed by atoms with Crippen LogP contribution >= 0.6 is 0 Å². The van der Waals surface area contributed by atoms with Gasteiger partial charge in [-0.15, -0.1) is 0 Å². The number of hydrogen-bond acceptors (Lipinski definition) is 5. The van der Waals surface area contributed by atoms with Gasteiger partial charge >= 0.3 is 0 Å². The third kappa shape index (κ3) is 4.04. The molecule has 7 atom stereocenters. The van der Waals surface area contributed by atoms with Crippen LogP contribution in [0.4, 0.5) is 0 Å². The molecule has 3 heterocycles. The van der Waals surface area contributed by atoms with Gasteiger partial charge in [0.05, 0.1) is 30.1 Å². The van der Waals surface area contributed by atoms with E-state index in [9.17, 15) is 19.5 Å². The summed E-state index contributed by atoms with van der Waals surface area (Å²) in [5.41, 5.74) is -0.966. The molecule has 0 aromatic heterocycles. The van der Waals surface area contributed by atoms with Gasteiger partial charge in [0.1, 0.15) is 11.6 Å². The molecule has 1 aromatic carbocycles. The van der Waals surface area contributed by atoms with E-state index in [1.807, 2.05) is 58.0 Å². The number of carbonyl (C=O) groups excluding carboxylic acids is 3. The number of ether oxygens (including phenoxy) is 1. The first-order valence-corrected chi connectivity index (χ1v) is 13.0. The Labute approximate surface area is 207 Å². The molecule has 192 valence electrons. The Bertz CT molecular complexity index is 951. The molecule has 3 unspecified atom stereocenters. The molecule has 3 amide bonds. The Hall–Kier alpha value is -2.45. The van der Waals surface area contributed by atoms with Gasteiger partial charge in [-0.3, -0.25) is 14.4 Å². The Morgan fingerprint density at radius 2 is 1.91 bits per heavy atom. The van der Waals surface area contributed by atoms with Crippen molar-refractivity contribution >= 4 is 17.7 Å². The summed E-state index contributed by atoms with van der Waals surface area (Å²) >= 11 is 0. The fraction of sp³-hybridized carbons (Fsp3) is 0.667. The van der Waals surface area contributed by atoms with Gasteiger partial charge in [0, 0.05) is 13.1 Å². The van der Waals surface area contributed by atoms with Crippen molar-refractivity contribution in [2.45, 2.75) is 83.2 Å². The number of likely N-dealkylation sites (tertiary alicyclic amines) is 1. The summed E-state index contributed by atoms with van der Waals surface area (Å²) in [5.74, 6) is -2.25. The summed E-state index contributed by atoms with van der Waals surface area (Å²) in [6.07, 6.45) is 2.79. The van der Waals surface area contributed by atoms with Crippen molar-refractivity contribution in [3.63, 3.8) is 0 Å². The van der Waals surface area contributed by atoms with Gasteiger partial charge < -0.3 is 25.4 Å². The first-order chi connectivity index (χ1) is 16.7. The second-order valence-electron chi connectivity index (χ2n) is 10.5. The molecule has 0 radical (unpaired) electrons. The molecule has 3 aliphatic heterocycles.